The van der Waals surface area contributed by atoms with Crippen LogP contribution in [0.15, 0.2) is 47.6 Å². The normalized spacial score (nSPS) is 25.3. The number of hydrogen-bond donors (Lipinski definition) is 1. The molecule has 7 nitrogen and oxygen atoms in total. The van der Waals surface area contributed by atoms with E-state index in [9.17, 15) is 29.6 Å². The van der Waals surface area contributed by atoms with E-state index in [2.05, 4.69) is 0 Å². The number of fused-ring (bicyclic) bond motifs is 1. The number of carbonyl (C=O) groups is 3. The van der Waals surface area contributed by atoms with Gasteiger partial charge in [0.1, 0.15) is 0 Å². The number of carboxylic acid groups (broad SMARTS) is 1. The Morgan fingerprint density at radius 1 is 1.25 bits per heavy atom. The summed E-state index contributed by atoms with van der Waals surface area (Å²) in [6, 6.07) is 5.94. The lowest BCUT2D eigenvalue weighted by Crippen LogP contribution is -2.57. The molecule has 7 heteroatoms. The van der Waals surface area contributed by atoms with Gasteiger partial charge in [-0.2, -0.15) is 0 Å². The second kappa shape index (κ2) is 5.23. The first-order valence-electron chi connectivity index (χ1n) is 7.36. The van der Waals surface area contributed by atoms with Crippen LogP contribution < -0.4 is 0 Å². The summed E-state index contributed by atoms with van der Waals surface area (Å²) in [4.78, 5) is 48.3. The average molecular weight is 327 g/mol. The third kappa shape index (κ3) is 1.75. The maximum absolute atomic E-state index is 12.9. The number of carbonyl (C=O) groups excluding carboxylic acids is 2. The number of nitro groups is 1. The molecule has 2 aliphatic rings. The molecule has 0 fully saturated rings. The van der Waals surface area contributed by atoms with E-state index in [0.717, 1.165) is 0 Å². The predicted molar refractivity (Wildman–Crippen MR) is 82.4 cm³/mol. The predicted octanol–water partition coefficient (Wildman–Crippen LogP) is 2.06. The van der Waals surface area contributed by atoms with Crippen LogP contribution >= 0.6 is 0 Å². The molecule has 0 heterocycles. The molecule has 0 amide bonds. The number of benzene rings is 1. The van der Waals surface area contributed by atoms with Crippen LogP contribution in [0.1, 0.15) is 34.1 Å². The van der Waals surface area contributed by atoms with Crippen molar-refractivity contribution >= 4 is 17.5 Å². The fourth-order valence-corrected chi connectivity index (χ4v) is 3.47. The van der Waals surface area contributed by atoms with E-state index in [1.54, 1.807) is 13.0 Å². The second-order valence-electron chi connectivity index (χ2n) is 5.70. The van der Waals surface area contributed by atoms with Crippen molar-refractivity contribution in [2.45, 2.75) is 18.9 Å². The third-order valence-corrected chi connectivity index (χ3v) is 4.62. The van der Waals surface area contributed by atoms with Gasteiger partial charge in [-0.1, -0.05) is 43.3 Å². The van der Waals surface area contributed by atoms with E-state index in [0.29, 0.717) is 0 Å². The first-order chi connectivity index (χ1) is 11.4. The van der Waals surface area contributed by atoms with Gasteiger partial charge in [0.15, 0.2) is 11.6 Å². The van der Waals surface area contributed by atoms with Crippen molar-refractivity contribution in [3.63, 3.8) is 0 Å². The topological polar surface area (TPSA) is 115 Å². The molecule has 1 aromatic rings. The zero-order chi connectivity index (χ0) is 17.6. The average Bonchev–Trinajstić information content (AvgIpc) is 2.57. The van der Waals surface area contributed by atoms with Crippen LogP contribution in [0.4, 0.5) is 0 Å². The molecule has 2 unspecified atom stereocenters. The van der Waals surface area contributed by atoms with Crippen LogP contribution in [0.3, 0.4) is 0 Å². The first kappa shape index (κ1) is 15.8. The van der Waals surface area contributed by atoms with Crippen LogP contribution in [0.5, 0.6) is 0 Å². The van der Waals surface area contributed by atoms with E-state index in [1.807, 2.05) is 0 Å². The van der Waals surface area contributed by atoms with Gasteiger partial charge in [0, 0.05) is 21.6 Å². The number of carboxylic acids is 1. The third-order valence-electron chi connectivity index (χ3n) is 4.62. The van der Waals surface area contributed by atoms with Crippen molar-refractivity contribution in [3.8, 4) is 0 Å². The number of rotatable bonds is 3. The van der Waals surface area contributed by atoms with Crippen LogP contribution in [0, 0.1) is 16.0 Å². The molecular formula is C17H13NO6. The molecule has 0 bridgehead atoms. The van der Waals surface area contributed by atoms with Crippen molar-refractivity contribution in [1.29, 1.82) is 0 Å². The van der Waals surface area contributed by atoms with E-state index in [4.69, 9.17) is 0 Å². The summed E-state index contributed by atoms with van der Waals surface area (Å²) in [5.74, 6) is -4.11. The number of allylic oxidation sites excluding steroid dienone is 2. The first-order valence-corrected chi connectivity index (χ1v) is 7.36. The number of nitrogens with zero attached hydrogens (tertiary/aromatic N) is 1. The zero-order valence-electron chi connectivity index (χ0n) is 12.7. The minimum atomic E-state index is -2.65. The maximum Gasteiger partial charge on any atom is 0.388 e. The lowest BCUT2D eigenvalue weighted by molar-refractivity contribution is -0.551. The Morgan fingerprint density at radius 3 is 2.33 bits per heavy atom. The molecule has 0 aromatic heterocycles. The molecule has 3 rings (SSSR count). The van der Waals surface area contributed by atoms with Gasteiger partial charge in [-0.3, -0.25) is 19.7 Å². The van der Waals surface area contributed by atoms with Gasteiger partial charge in [0.2, 0.25) is 0 Å². The highest BCUT2D eigenvalue weighted by molar-refractivity contribution is 6.30. The molecule has 0 saturated heterocycles. The Labute approximate surface area is 136 Å². The van der Waals surface area contributed by atoms with E-state index >= 15 is 0 Å². The Hall–Kier alpha value is -3.09. The summed E-state index contributed by atoms with van der Waals surface area (Å²) < 4.78 is 0. The monoisotopic (exact) mass is 327 g/mol. The largest absolute Gasteiger partial charge is 0.476 e. The van der Waals surface area contributed by atoms with Crippen molar-refractivity contribution in [1.82, 2.24) is 0 Å². The van der Waals surface area contributed by atoms with Crippen LogP contribution in [-0.2, 0) is 4.79 Å². The highest BCUT2D eigenvalue weighted by atomic mass is 16.6. The van der Waals surface area contributed by atoms with Gasteiger partial charge in [-0.25, -0.2) is 4.79 Å². The molecule has 2 atom stereocenters. The van der Waals surface area contributed by atoms with Gasteiger partial charge in [0.25, 0.3) is 0 Å². The molecule has 2 aliphatic carbocycles. The van der Waals surface area contributed by atoms with Crippen molar-refractivity contribution in [2.75, 3.05) is 0 Å². The molecule has 0 spiro atoms. The summed E-state index contributed by atoms with van der Waals surface area (Å²) in [5.41, 5.74) is -3.28. The zero-order valence-corrected chi connectivity index (χ0v) is 12.7. The second-order valence-corrected chi connectivity index (χ2v) is 5.70. The summed E-state index contributed by atoms with van der Waals surface area (Å²) in [7, 11) is 0. The Morgan fingerprint density at radius 2 is 1.83 bits per heavy atom. The molecule has 24 heavy (non-hydrogen) atoms. The van der Waals surface area contributed by atoms with Gasteiger partial charge in [0.05, 0.1) is 11.5 Å². The maximum atomic E-state index is 12.9. The summed E-state index contributed by atoms with van der Waals surface area (Å²) in [6.07, 6.45) is 2.82. The molecule has 1 N–H and O–H groups in total. The fraction of sp³-hybridized carbons (Fsp3) is 0.235. The number of aliphatic carboxylic acids is 1. The van der Waals surface area contributed by atoms with Gasteiger partial charge in [-0.05, 0) is 6.42 Å². The summed E-state index contributed by atoms with van der Waals surface area (Å²) >= 11 is 0. The Balaban J connectivity index is 2.38. The van der Waals surface area contributed by atoms with Crippen LogP contribution in [0.2, 0.25) is 0 Å². The molecule has 1 aromatic carbocycles. The van der Waals surface area contributed by atoms with Gasteiger partial charge >= 0.3 is 11.5 Å². The van der Waals surface area contributed by atoms with Crippen molar-refractivity contribution in [2.24, 2.45) is 5.92 Å². The minimum Gasteiger partial charge on any atom is -0.476 e. The molecule has 0 saturated carbocycles. The lowest BCUT2D eigenvalue weighted by atomic mass is 9.66. The SMILES string of the molecule is CCC1C=CC2=C(C(=O)c3ccccc3C2=O)C1(C(=O)O)[N+](=O)[O-]. The molecule has 0 aliphatic heterocycles. The highest BCUT2D eigenvalue weighted by Crippen LogP contribution is 2.43. The fourth-order valence-electron chi connectivity index (χ4n) is 3.47. The van der Waals surface area contributed by atoms with Crippen LogP contribution in [-0.4, -0.2) is 33.1 Å². The minimum absolute atomic E-state index is 0.00104. The van der Waals surface area contributed by atoms with Gasteiger partial charge in [-0.15, -0.1) is 0 Å². The standard InChI is InChI=1S/C17H13NO6/c1-2-9-7-8-12-13(17(9,16(21)22)18(23)24)15(20)11-6-4-3-5-10(11)14(12)19/h3-9H,2H2,1H3,(H,21,22). The highest BCUT2D eigenvalue weighted by Gasteiger charge is 2.65. The Kier molecular flexibility index (Phi) is 3.44. The Bertz CT molecular complexity index is 850. The van der Waals surface area contributed by atoms with Crippen LogP contribution in [0.25, 0.3) is 0 Å². The van der Waals surface area contributed by atoms with E-state index in [1.165, 1.54) is 30.4 Å². The smallest absolute Gasteiger partial charge is 0.388 e. The lowest BCUT2D eigenvalue weighted by Gasteiger charge is -2.34. The van der Waals surface area contributed by atoms with Crippen molar-refractivity contribution in [3.05, 3.63) is 68.8 Å². The number of hydrogen-bond acceptors (Lipinski definition) is 5. The quantitative estimate of drug-likeness (QED) is 0.671. The summed E-state index contributed by atoms with van der Waals surface area (Å²) in [5, 5.41) is 21.5. The number of Topliss-reactive ketones (excluding diaryl/α,β-unsaturated/α-hetero) is 2. The van der Waals surface area contributed by atoms with Gasteiger partial charge < -0.3 is 5.11 Å². The molecular weight excluding hydrogens is 314 g/mol. The molecule has 0 radical (unpaired) electrons. The summed E-state index contributed by atoms with van der Waals surface area (Å²) in [6.45, 7) is 1.60. The van der Waals surface area contributed by atoms with E-state index < -0.39 is 39.5 Å². The molecule has 122 valence electrons. The van der Waals surface area contributed by atoms with E-state index in [-0.39, 0.29) is 23.1 Å². The number of ketones is 2. The van der Waals surface area contributed by atoms with Crippen molar-refractivity contribution < 1.29 is 24.4 Å².